The van der Waals surface area contributed by atoms with Gasteiger partial charge in [0.05, 0.1) is 24.2 Å². The number of aliphatic hydroxyl groups is 1. The fraction of sp³-hybridized carbons (Fsp3) is 0.667. The van der Waals surface area contributed by atoms with E-state index in [4.69, 9.17) is 0 Å². The molecule has 0 radical (unpaired) electrons. The van der Waals surface area contributed by atoms with E-state index in [0.29, 0.717) is 0 Å². The Labute approximate surface area is 97.3 Å². The summed E-state index contributed by atoms with van der Waals surface area (Å²) in [7, 11) is 0. The van der Waals surface area contributed by atoms with E-state index >= 15 is 0 Å². The maximum Gasteiger partial charge on any atom is 0.131 e. The number of rotatable bonds is 5. The lowest BCUT2D eigenvalue weighted by Gasteiger charge is -2.23. The smallest absolute Gasteiger partial charge is 0.131 e. The van der Waals surface area contributed by atoms with Crippen LogP contribution in [-0.4, -0.2) is 28.2 Å². The van der Waals surface area contributed by atoms with Crippen LogP contribution in [0, 0.1) is 0 Å². The molecule has 1 N–H and O–H groups in total. The molecule has 1 aromatic rings. The quantitative estimate of drug-likeness (QED) is 0.828. The largest absolute Gasteiger partial charge is 0.390 e. The Bertz CT molecular complexity index is 335. The van der Waals surface area contributed by atoms with Gasteiger partial charge in [-0.1, -0.05) is 13.8 Å². The van der Waals surface area contributed by atoms with Gasteiger partial charge in [0.1, 0.15) is 5.82 Å². The Morgan fingerprint density at radius 1 is 1.31 bits per heavy atom. The van der Waals surface area contributed by atoms with Crippen molar-refractivity contribution in [3.8, 4) is 0 Å². The summed E-state index contributed by atoms with van der Waals surface area (Å²) < 4.78 is 0. The van der Waals surface area contributed by atoms with Crippen molar-refractivity contribution in [2.45, 2.75) is 40.2 Å². The maximum absolute atomic E-state index is 9.35. The predicted molar refractivity (Wildman–Crippen MR) is 65.6 cm³/mol. The number of hydrogen-bond acceptors (Lipinski definition) is 4. The predicted octanol–water partition coefficient (Wildman–Crippen LogP) is 1.94. The fourth-order valence-corrected chi connectivity index (χ4v) is 1.65. The Morgan fingerprint density at radius 3 is 2.38 bits per heavy atom. The van der Waals surface area contributed by atoms with Gasteiger partial charge in [-0.3, -0.25) is 0 Å². The van der Waals surface area contributed by atoms with Gasteiger partial charge in [-0.25, -0.2) is 9.97 Å². The molecule has 90 valence electrons. The lowest BCUT2D eigenvalue weighted by Crippen LogP contribution is -2.24. The van der Waals surface area contributed by atoms with Gasteiger partial charge in [0, 0.05) is 19.0 Å². The van der Waals surface area contributed by atoms with E-state index in [1.165, 1.54) is 0 Å². The van der Waals surface area contributed by atoms with Gasteiger partial charge < -0.3 is 10.0 Å². The highest BCUT2D eigenvalue weighted by Gasteiger charge is 2.12. The topological polar surface area (TPSA) is 49.2 Å². The number of anilines is 1. The van der Waals surface area contributed by atoms with Gasteiger partial charge in [0.25, 0.3) is 0 Å². The van der Waals surface area contributed by atoms with Crippen molar-refractivity contribution in [3.05, 3.63) is 17.7 Å². The molecular formula is C12H21N3O. The van der Waals surface area contributed by atoms with Crippen LogP contribution in [0.15, 0.2) is 6.20 Å². The summed E-state index contributed by atoms with van der Waals surface area (Å²) in [5.41, 5.74) is 1.67. The first-order valence-corrected chi connectivity index (χ1v) is 5.85. The first-order valence-electron chi connectivity index (χ1n) is 5.85. The zero-order valence-corrected chi connectivity index (χ0v) is 10.6. The van der Waals surface area contributed by atoms with Gasteiger partial charge in [-0.05, 0) is 13.8 Å². The third-order valence-corrected chi connectivity index (χ3v) is 2.63. The van der Waals surface area contributed by atoms with Crippen LogP contribution in [-0.2, 0) is 6.61 Å². The Morgan fingerprint density at radius 2 is 1.94 bits per heavy atom. The van der Waals surface area contributed by atoms with E-state index in [9.17, 15) is 5.11 Å². The minimum Gasteiger partial charge on any atom is -0.390 e. The molecule has 0 bridgehead atoms. The molecule has 0 spiro atoms. The van der Waals surface area contributed by atoms with Crippen LogP contribution < -0.4 is 4.90 Å². The molecular weight excluding hydrogens is 202 g/mol. The van der Waals surface area contributed by atoms with Crippen LogP contribution >= 0.6 is 0 Å². The van der Waals surface area contributed by atoms with Crippen molar-refractivity contribution >= 4 is 5.69 Å². The highest BCUT2D eigenvalue weighted by molar-refractivity contribution is 5.48. The lowest BCUT2D eigenvalue weighted by atomic mass is 10.2. The van der Waals surface area contributed by atoms with Gasteiger partial charge in [0.15, 0.2) is 0 Å². The minimum absolute atomic E-state index is 0.0337. The molecule has 0 aromatic carbocycles. The van der Waals surface area contributed by atoms with Gasteiger partial charge in [-0.2, -0.15) is 0 Å². The molecule has 0 saturated carbocycles. The molecule has 4 nitrogen and oxygen atoms in total. The summed E-state index contributed by atoms with van der Waals surface area (Å²) in [4.78, 5) is 10.9. The third kappa shape index (κ3) is 2.70. The number of nitrogens with zero attached hydrogens (tertiary/aromatic N) is 3. The second-order valence-electron chi connectivity index (χ2n) is 4.05. The van der Waals surface area contributed by atoms with Crippen molar-refractivity contribution < 1.29 is 5.11 Å². The van der Waals surface area contributed by atoms with Crippen molar-refractivity contribution in [2.24, 2.45) is 0 Å². The average Bonchev–Trinajstić information content (AvgIpc) is 2.30. The summed E-state index contributed by atoms with van der Waals surface area (Å²) in [5, 5.41) is 9.35. The van der Waals surface area contributed by atoms with E-state index in [2.05, 4.69) is 28.7 Å². The molecule has 0 unspecified atom stereocenters. The zero-order chi connectivity index (χ0) is 12.1. The number of hydrogen-bond donors (Lipinski definition) is 1. The van der Waals surface area contributed by atoms with E-state index in [1.807, 2.05) is 20.0 Å². The van der Waals surface area contributed by atoms with Crippen molar-refractivity contribution in [1.29, 1.82) is 0 Å². The summed E-state index contributed by atoms with van der Waals surface area (Å²) in [6.45, 7) is 10.0. The van der Waals surface area contributed by atoms with E-state index in [1.54, 1.807) is 0 Å². The van der Waals surface area contributed by atoms with Crippen molar-refractivity contribution in [1.82, 2.24) is 9.97 Å². The summed E-state index contributed by atoms with van der Waals surface area (Å²) in [5.74, 6) is 1.08. The standard InChI is InChI=1S/C12H21N3O/c1-5-15(6-2)11-7-13-12(9(3)4)14-10(11)8-16/h7,9,16H,5-6,8H2,1-4H3. The number of aromatic nitrogens is 2. The Hall–Kier alpha value is -1.16. The van der Waals surface area contributed by atoms with Crippen LogP contribution in [0.4, 0.5) is 5.69 Å². The van der Waals surface area contributed by atoms with Crippen molar-refractivity contribution in [3.63, 3.8) is 0 Å². The second kappa shape index (κ2) is 5.80. The lowest BCUT2D eigenvalue weighted by molar-refractivity contribution is 0.276. The van der Waals surface area contributed by atoms with Crippen LogP contribution in [0.2, 0.25) is 0 Å². The van der Waals surface area contributed by atoms with Crippen LogP contribution in [0.5, 0.6) is 0 Å². The molecule has 1 heterocycles. The summed E-state index contributed by atoms with van der Waals surface area (Å²) >= 11 is 0. The zero-order valence-electron chi connectivity index (χ0n) is 10.6. The second-order valence-corrected chi connectivity index (χ2v) is 4.05. The summed E-state index contributed by atoms with van der Waals surface area (Å²) in [6.07, 6.45) is 1.82. The highest BCUT2D eigenvalue weighted by atomic mass is 16.3. The van der Waals surface area contributed by atoms with E-state index in [-0.39, 0.29) is 12.5 Å². The Balaban J connectivity index is 3.10. The first kappa shape index (κ1) is 12.9. The van der Waals surface area contributed by atoms with Crippen LogP contribution in [0.3, 0.4) is 0 Å². The van der Waals surface area contributed by atoms with Gasteiger partial charge in [-0.15, -0.1) is 0 Å². The van der Waals surface area contributed by atoms with Gasteiger partial charge in [0.2, 0.25) is 0 Å². The van der Waals surface area contributed by atoms with E-state index < -0.39 is 0 Å². The Kier molecular flexibility index (Phi) is 4.68. The highest BCUT2D eigenvalue weighted by Crippen LogP contribution is 2.20. The normalized spacial score (nSPS) is 10.9. The molecule has 0 atom stereocenters. The molecule has 0 aliphatic rings. The van der Waals surface area contributed by atoms with Crippen LogP contribution in [0.25, 0.3) is 0 Å². The molecule has 0 fully saturated rings. The molecule has 1 rings (SSSR count). The van der Waals surface area contributed by atoms with E-state index in [0.717, 1.165) is 30.3 Å². The summed E-state index contributed by atoms with van der Waals surface area (Å²) in [6, 6.07) is 0. The SMILES string of the molecule is CCN(CC)c1cnc(C(C)C)nc1CO. The maximum atomic E-state index is 9.35. The van der Waals surface area contributed by atoms with Crippen LogP contribution in [0.1, 0.15) is 45.1 Å². The number of aliphatic hydroxyl groups excluding tert-OH is 1. The fourth-order valence-electron chi connectivity index (χ4n) is 1.65. The molecule has 0 amide bonds. The monoisotopic (exact) mass is 223 g/mol. The molecule has 0 aliphatic heterocycles. The first-order chi connectivity index (χ1) is 7.63. The molecule has 4 heteroatoms. The molecule has 16 heavy (non-hydrogen) atoms. The molecule has 0 aliphatic carbocycles. The van der Waals surface area contributed by atoms with Crippen molar-refractivity contribution in [2.75, 3.05) is 18.0 Å². The van der Waals surface area contributed by atoms with Gasteiger partial charge >= 0.3 is 0 Å². The molecule has 1 aromatic heterocycles. The average molecular weight is 223 g/mol. The molecule has 0 saturated heterocycles. The minimum atomic E-state index is -0.0337. The third-order valence-electron chi connectivity index (χ3n) is 2.63.